The Morgan fingerprint density at radius 1 is 1.00 bits per heavy atom. The van der Waals surface area contributed by atoms with Crippen LogP contribution in [-0.2, 0) is 19.1 Å². The highest BCUT2D eigenvalue weighted by molar-refractivity contribution is 5.95. The van der Waals surface area contributed by atoms with Crippen molar-refractivity contribution in [3.63, 3.8) is 0 Å². The zero-order valence-electron chi connectivity index (χ0n) is 25.6. The van der Waals surface area contributed by atoms with Gasteiger partial charge in [0.25, 0.3) is 0 Å². The number of primary amides is 1. The summed E-state index contributed by atoms with van der Waals surface area (Å²) in [5.41, 5.74) is 4.77. The maximum Gasteiger partial charge on any atom is 0.408 e. The number of carbonyl (C=O) groups is 4. The van der Waals surface area contributed by atoms with Crippen LogP contribution < -0.4 is 16.4 Å². The van der Waals surface area contributed by atoms with Crippen molar-refractivity contribution >= 4 is 23.8 Å². The number of amides is 4. The number of aryl methyl sites for hydroxylation is 1. The van der Waals surface area contributed by atoms with Gasteiger partial charge >= 0.3 is 6.09 Å². The third kappa shape index (κ3) is 12.3. The van der Waals surface area contributed by atoms with E-state index in [0.29, 0.717) is 12.0 Å². The molecule has 0 heterocycles. The van der Waals surface area contributed by atoms with E-state index < -0.39 is 53.5 Å². The Bertz CT molecular complexity index is 1010. The number of phenols is 1. The van der Waals surface area contributed by atoms with Gasteiger partial charge in [0.05, 0.1) is 6.42 Å². The zero-order valence-corrected chi connectivity index (χ0v) is 25.6. The number of hydrogen-bond acceptors (Lipinski definition) is 6. The molecule has 40 heavy (non-hydrogen) atoms. The first-order valence-electron chi connectivity index (χ1n) is 14.2. The maximum atomic E-state index is 14.1. The number of alkyl carbamates (subject to hydrolysis) is 1. The summed E-state index contributed by atoms with van der Waals surface area (Å²) in [4.78, 5) is 53.8. The van der Waals surface area contributed by atoms with Crippen LogP contribution in [0.15, 0.2) is 18.2 Å². The fraction of sp³-hybridized carbons (Fsp3) is 0.667. The Labute approximate surface area is 239 Å². The van der Waals surface area contributed by atoms with Gasteiger partial charge in [-0.15, -0.1) is 0 Å². The van der Waals surface area contributed by atoms with E-state index in [1.165, 1.54) is 4.90 Å². The highest BCUT2D eigenvalue weighted by Gasteiger charge is 2.39. The van der Waals surface area contributed by atoms with E-state index in [4.69, 9.17) is 10.5 Å². The largest absolute Gasteiger partial charge is 0.507 e. The lowest BCUT2D eigenvalue weighted by molar-refractivity contribution is -0.144. The van der Waals surface area contributed by atoms with Crippen molar-refractivity contribution in [2.24, 2.45) is 5.73 Å². The predicted octanol–water partition coefficient (Wildman–Crippen LogP) is 4.61. The molecule has 4 amide bonds. The molecule has 1 rings (SSSR count). The smallest absolute Gasteiger partial charge is 0.408 e. The second kappa shape index (κ2) is 15.5. The fourth-order valence-electron chi connectivity index (χ4n) is 4.27. The number of ether oxygens (including phenoxy) is 1. The minimum absolute atomic E-state index is 0.108. The van der Waals surface area contributed by atoms with E-state index in [2.05, 4.69) is 17.6 Å². The molecule has 0 saturated carbocycles. The summed E-state index contributed by atoms with van der Waals surface area (Å²) in [6, 6.07) is 2.41. The summed E-state index contributed by atoms with van der Waals surface area (Å²) in [7, 11) is 0. The Morgan fingerprint density at radius 3 is 2.15 bits per heavy atom. The number of nitrogens with two attached hydrogens (primary N) is 1. The molecule has 0 aromatic heterocycles. The molecule has 0 fully saturated rings. The minimum atomic E-state index is -1.37. The molecule has 0 radical (unpaired) electrons. The predicted molar refractivity (Wildman–Crippen MR) is 156 cm³/mol. The summed E-state index contributed by atoms with van der Waals surface area (Å²) >= 11 is 0. The van der Waals surface area contributed by atoms with Crippen molar-refractivity contribution < 1.29 is 29.0 Å². The average Bonchev–Trinajstić information content (AvgIpc) is 2.79. The second-order valence-corrected chi connectivity index (χ2v) is 12.3. The van der Waals surface area contributed by atoms with E-state index in [9.17, 15) is 24.3 Å². The molecule has 0 bridgehead atoms. The molecular formula is C30H50N4O6. The van der Waals surface area contributed by atoms with Crippen molar-refractivity contribution in [1.82, 2.24) is 15.5 Å². The van der Waals surface area contributed by atoms with Crippen LogP contribution in [0.4, 0.5) is 4.79 Å². The monoisotopic (exact) mass is 562 g/mol. The fourth-order valence-corrected chi connectivity index (χ4v) is 4.27. The number of nitrogens with zero attached hydrogens (tertiary/aromatic N) is 1. The van der Waals surface area contributed by atoms with Crippen molar-refractivity contribution in [2.45, 2.75) is 124 Å². The number of nitrogens with one attached hydrogen (secondary N) is 2. The first kappa shape index (κ1) is 34.7. The van der Waals surface area contributed by atoms with Gasteiger partial charge in [-0.25, -0.2) is 4.79 Å². The first-order chi connectivity index (χ1) is 18.5. The Morgan fingerprint density at radius 2 is 1.60 bits per heavy atom. The lowest BCUT2D eigenvalue weighted by Gasteiger charge is -2.36. The number of benzene rings is 1. The van der Waals surface area contributed by atoms with Crippen LogP contribution in [0.25, 0.3) is 0 Å². The number of aromatic hydroxyl groups is 1. The van der Waals surface area contributed by atoms with Crippen molar-refractivity contribution in [1.29, 1.82) is 0 Å². The molecule has 0 saturated heterocycles. The quantitative estimate of drug-likeness (QED) is 0.243. The van der Waals surface area contributed by atoms with Gasteiger partial charge in [0, 0.05) is 17.6 Å². The van der Waals surface area contributed by atoms with Crippen LogP contribution in [-0.4, -0.2) is 57.5 Å². The van der Waals surface area contributed by atoms with Crippen LogP contribution in [0.2, 0.25) is 0 Å². The molecule has 10 nitrogen and oxygen atoms in total. The number of para-hydroxylation sites is 1. The van der Waals surface area contributed by atoms with Gasteiger partial charge in [0.2, 0.25) is 17.7 Å². The molecule has 0 aliphatic heterocycles. The van der Waals surface area contributed by atoms with Crippen molar-refractivity contribution in [2.75, 3.05) is 6.54 Å². The highest BCUT2D eigenvalue weighted by Crippen LogP contribution is 2.33. The molecule has 226 valence electrons. The van der Waals surface area contributed by atoms with Gasteiger partial charge in [0.1, 0.15) is 23.4 Å². The van der Waals surface area contributed by atoms with E-state index in [1.54, 1.807) is 45.9 Å². The highest BCUT2D eigenvalue weighted by atomic mass is 16.6. The number of carbonyl (C=O) groups excluding carboxylic acids is 4. The van der Waals surface area contributed by atoms with E-state index >= 15 is 0 Å². The van der Waals surface area contributed by atoms with Crippen LogP contribution in [0.5, 0.6) is 5.75 Å². The second-order valence-electron chi connectivity index (χ2n) is 12.3. The number of rotatable bonds is 14. The van der Waals surface area contributed by atoms with Gasteiger partial charge in [-0.05, 0) is 60.5 Å². The third-order valence-electron chi connectivity index (χ3n) is 6.05. The normalized spacial score (nSPS) is 13.2. The maximum absolute atomic E-state index is 14.1. The molecule has 1 aromatic rings. The molecule has 0 aliphatic rings. The average molecular weight is 563 g/mol. The molecule has 0 spiro atoms. The summed E-state index contributed by atoms with van der Waals surface area (Å²) in [5, 5.41) is 16.4. The SMILES string of the molecule is CCCCCCCCN(C(=O)C(CC(N)=O)NC(=O)OC(C)(C)C)C(C(=O)NC(C)(C)C)c1cccc(C)c1O. The Hall–Kier alpha value is -3.30. The van der Waals surface area contributed by atoms with Crippen LogP contribution >= 0.6 is 0 Å². The summed E-state index contributed by atoms with van der Waals surface area (Å²) in [6.07, 6.45) is 4.24. The minimum Gasteiger partial charge on any atom is -0.507 e. The molecule has 0 aliphatic carbocycles. The van der Waals surface area contributed by atoms with Crippen molar-refractivity contribution in [3.8, 4) is 5.75 Å². The zero-order chi connectivity index (χ0) is 30.7. The lowest BCUT2D eigenvalue weighted by atomic mass is 9.97. The van der Waals surface area contributed by atoms with Gasteiger partial charge in [-0.1, -0.05) is 57.2 Å². The number of hydrogen-bond donors (Lipinski definition) is 4. The molecule has 5 N–H and O–H groups in total. The molecule has 2 atom stereocenters. The number of unbranched alkanes of at least 4 members (excludes halogenated alkanes) is 5. The molecular weight excluding hydrogens is 512 g/mol. The third-order valence-corrected chi connectivity index (χ3v) is 6.05. The topological polar surface area (TPSA) is 151 Å². The van der Waals surface area contributed by atoms with Gasteiger partial charge in [0.15, 0.2) is 0 Å². The summed E-state index contributed by atoms with van der Waals surface area (Å²) in [5.74, 6) is -2.08. The van der Waals surface area contributed by atoms with Gasteiger partial charge in [-0.2, -0.15) is 0 Å². The Balaban J connectivity index is 3.58. The van der Waals surface area contributed by atoms with Crippen LogP contribution in [0, 0.1) is 6.92 Å². The number of phenolic OH excluding ortho intramolecular Hbond substituents is 1. The molecule has 2 unspecified atom stereocenters. The summed E-state index contributed by atoms with van der Waals surface area (Å²) in [6.45, 7) is 14.5. The molecule has 10 heteroatoms. The van der Waals surface area contributed by atoms with E-state index in [1.807, 2.05) is 20.8 Å². The first-order valence-corrected chi connectivity index (χ1v) is 14.2. The van der Waals surface area contributed by atoms with E-state index in [-0.39, 0.29) is 17.9 Å². The summed E-state index contributed by atoms with van der Waals surface area (Å²) < 4.78 is 5.32. The van der Waals surface area contributed by atoms with Crippen molar-refractivity contribution in [3.05, 3.63) is 29.3 Å². The standard InChI is InChI=1S/C30H50N4O6/c1-9-10-11-12-13-14-18-34(27(38)22(19-23(31)35)32-28(39)40-30(6,7)8)24(26(37)33-29(3,4)5)21-17-15-16-20(2)25(21)36/h15-17,22,24,36H,9-14,18-19H2,1-8H3,(H2,31,35)(H,32,39)(H,33,37). The molecule has 1 aromatic carbocycles. The van der Waals surface area contributed by atoms with Crippen LogP contribution in [0.3, 0.4) is 0 Å². The van der Waals surface area contributed by atoms with Gasteiger partial charge < -0.3 is 31.1 Å². The van der Waals surface area contributed by atoms with Gasteiger partial charge in [-0.3, -0.25) is 14.4 Å². The lowest BCUT2D eigenvalue weighted by Crippen LogP contribution is -2.55. The Kier molecular flexibility index (Phi) is 13.4. The van der Waals surface area contributed by atoms with E-state index in [0.717, 1.165) is 32.1 Å². The van der Waals surface area contributed by atoms with Crippen LogP contribution in [0.1, 0.15) is 111 Å².